The Balaban J connectivity index is 2.01. The molecule has 0 aliphatic heterocycles. The molecule has 2 aromatic heterocycles. The fourth-order valence-corrected chi connectivity index (χ4v) is 4.26. The molecule has 0 atom stereocenters. The number of nitriles is 1. The number of hydrogen-bond donors (Lipinski definition) is 0. The molecule has 0 saturated heterocycles. The van der Waals surface area contributed by atoms with Crippen molar-refractivity contribution in [2.24, 2.45) is 7.05 Å². The Morgan fingerprint density at radius 1 is 0.935 bits per heavy atom. The van der Waals surface area contributed by atoms with Crippen molar-refractivity contribution in [2.45, 2.75) is 20.8 Å². The van der Waals surface area contributed by atoms with Crippen LogP contribution in [0.3, 0.4) is 0 Å². The molecule has 3 aromatic carbocycles. The Kier molecular flexibility index (Phi) is 3.25. The highest BCUT2D eigenvalue weighted by molar-refractivity contribution is 6.15. The molecule has 31 heavy (non-hydrogen) atoms. The van der Waals surface area contributed by atoms with Crippen LogP contribution in [0.4, 0.5) is 0 Å². The molecule has 0 fully saturated rings. The van der Waals surface area contributed by atoms with E-state index >= 15 is 0 Å². The first-order valence-corrected chi connectivity index (χ1v) is 10.00. The molecule has 0 N–H and O–H groups in total. The van der Waals surface area contributed by atoms with Crippen molar-refractivity contribution < 1.29 is 15.8 Å². The summed E-state index contributed by atoms with van der Waals surface area (Å²) < 4.78 is 50.0. The molecule has 5 aromatic rings. The zero-order valence-corrected chi connectivity index (χ0v) is 17.8. The van der Waals surface area contributed by atoms with Gasteiger partial charge in [-0.2, -0.15) is 5.26 Å². The van der Waals surface area contributed by atoms with Gasteiger partial charge in [0.2, 0.25) is 5.69 Å². The van der Waals surface area contributed by atoms with Crippen LogP contribution in [0, 0.1) is 32.1 Å². The third-order valence-corrected chi connectivity index (χ3v) is 5.75. The molecular formula is C28H23N2O+. The Labute approximate surface area is 188 Å². The predicted octanol–water partition coefficient (Wildman–Crippen LogP) is 6.54. The number of nitrogens with zero attached hydrogens (tertiary/aromatic N) is 2. The number of fused-ring (bicyclic) bond motifs is 3. The van der Waals surface area contributed by atoms with E-state index in [2.05, 4.69) is 12.1 Å². The second kappa shape index (κ2) is 7.11. The molecule has 0 unspecified atom stereocenters. The third-order valence-electron chi connectivity index (χ3n) is 5.75. The molecule has 150 valence electrons. The van der Waals surface area contributed by atoms with Gasteiger partial charge in [0.25, 0.3) is 0 Å². The van der Waals surface area contributed by atoms with Gasteiger partial charge in [-0.1, -0.05) is 42.3 Å². The van der Waals surface area contributed by atoms with Crippen LogP contribution in [-0.4, -0.2) is 0 Å². The Morgan fingerprint density at radius 3 is 2.45 bits per heavy atom. The SMILES string of the molecule is [2H]c1c([2H])c([2H])c(-c2c(C)cc(C#N)c3c2oc2c(-c4cc(C)cc[n+]4C)c(C)ccc23)c([2H])c1[2H]. The molecule has 2 heterocycles. The number of hydrogen-bond acceptors (Lipinski definition) is 2. The van der Waals surface area contributed by atoms with Crippen LogP contribution < -0.4 is 4.57 Å². The normalized spacial score (nSPS) is 13.5. The minimum absolute atomic E-state index is 0.0615. The molecule has 0 aliphatic rings. The van der Waals surface area contributed by atoms with Gasteiger partial charge in [0.1, 0.15) is 18.2 Å². The summed E-state index contributed by atoms with van der Waals surface area (Å²) in [5.74, 6) is 0. The average molecular weight is 409 g/mol. The third kappa shape index (κ3) is 2.92. The second-order valence-electron chi connectivity index (χ2n) is 7.87. The van der Waals surface area contributed by atoms with Crippen molar-refractivity contribution >= 4 is 21.9 Å². The molecule has 0 saturated carbocycles. The van der Waals surface area contributed by atoms with Gasteiger partial charge in [0, 0.05) is 28.5 Å². The van der Waals surface area contributed by atoms with E-state index in [1.807, 2.05) is 49.9 Å². The maximum absolute atomic E-state index is 10.00. The Hall–Kier alpha value is -3.90. The van der Waals surface area contributed by atoms with E-state index in [9.17, 15) is 5.26 Å². The summed E-state index contributed by atoms with van der Waals surface area (Å²) in [4.78, 5) is 0. The monoisotopic (exact) mass is 408 g/mol. The van der Waals surface area contributed by atoms with Gasteiger partial charge >= 0.3 is 0 Å². The molecule has 0 radical (unpaired) electrons. The quantitative estimate of drug-likeness (QED) is 0.311. The summed E-state index contributed by atoms with van der Waals surface area (Å²) >= 11 is 0. The first-order chi connectivity index (χ1) is 17.1. The molecule has 0 amide bonds. The molecule has 3 heteroatoms. The van der Waals surface area contributed by atoms with E-state index in [0.29, 0.717) is 33.2 Å². The van der Waals surface area contributed by atoms with Gasteiger partial charge < -0.3 is 4.42 Å². The van der Waals surface area contributed by atoms with Crippen molar-refractivity contribution in [3.05, 3.63) is 89.0 Å². The topological polar surface area (TPSA) is 40.8 Å². The van der Waals surface area contributed by atoms with Gasteiger partial charge in [-0.3, -0.25) is 0 Å². The number of aryl methyl sites for hydroxylation is 4. The molecule has 0 spiro atoms. The van der Waals surface area contributed by atoms with Gasteiger partial charge in [-0.15, -0.1) is 0 Å². The van der Waals surface area contributed by atoms with Crippen molar-refractivity contribution in [1.82, 2.24) is 0 Å². The summed E-state index contributed by atoms with van der Waals surface area (Å²) in [6, 6.07) is 10.0. The van der Waals surface area contributed by atoms with Crippen LogP contribution >= 0.6 is 0 Å². The largest absolute Gasteiger partial charge is 0.454 e. The summed E-state index contributed by atoms with van der Waals surface area (Å²) in [6.45, 7) is 5.78. The van der Waals surface area contributed by atoms with Crippen LogP contribution in [0.25, 0.3) is 44.3 Å². The minimum Gasteiger partial charge on any atom is -0.454 e. The van der Waals surface area contributed by atoms with E-state index in [1.54, 1.807) is 13.0 Å². The van der Waals surface area contributed by atoms with Crippen LogP contribution in [0.5, 0.6) is 0 Å². The maximum Gasteiger partial charge on any atom is 0.216 e. The number of furan rings is 1. The Morgan fingerprint density at radius 2 is 1.71 bits per heavy atom. The lowest BCUT2D eigenvalue weighted by Crippen LogP contribution is -2.30. The van der Waals surface area contributed by atoms with Gasteiger partial charge in [-0.25, -0.2) is 4.57 Å². The van der Waals surface area contributed by atoms with Crippen LogP contribution in [-0.2, 0) is 7.05 Å². The number of aromatic nitrogens is 1. The van der Waals surface area contributed by atoms with Gasteiger partial charge in [0.15, 0.2) is 6.20 Å². The van der Waals surface area contributed by atoms with Crippen molar-refractivity contribution in [1.29, 1.82) is 5.26 Å². The summed E-state index contributed by atoms with van der Waals surface area (Å²) in [5, 5.41) is 11.3. The first-order valence-electron chi connectivity index (χ1n) is 12.5. The average Bonchev–Trinajstić information content (AvgIpc) is 3.23. The fourth-order valence-electron chi connectivity index (χ4n) is 4.26. The molecule has 5 rings (SSSR count). The molecule has 3 nitrogen and oxygen atoms in total. The standard InChI is InChI=1S/C28H23N2O/c1-17-12-13-30(4)23(14-17)25-18(2)10-11-22-26-21(16-29)15-19(3)24(28(26)31-27(22)25)20-8-6-5-7-9-20/h5-15H,1-4H3/q+1/i5D,6D,7D,8D,9D. The van der Waals surface area contributed by atoms with Crippen LogP contribution in [0.15, 0.2) is 71.2 Å². The zero-order chi connectivity index (χ0) is 26.0. The van der Waals surface area contributed by atoms with E-state index < -0.39 is 18.1 Å². The zero-order valence-electron chi connectivity index (χ0n) is 22.8. The van der Waals surface area contributed by atoms with E-state index in [1.165, 1.54) is 0 Å². The fraction of sp³-hybridized carbons (Fsp3) is 0.143. The highest BCUT2D eigenvalue weighted by atomic mass is 16.3. The lowest BCUT2D eigenvalue weighted by molar-refractivity contribution is -0.660. The number of pyridine rings is 1. The maximum atomic E-state index is 10.00. The summed E-state index contributed by atoms with van der Waals surface area (Å²) in [5.41, 5.74) is 6.27. The summed E-state index contributed by atoms with van der Waals surface area (Å²) in [7, 11) is 1.96. The second-order valence-corrected chi connectivity index (χ2v) is 7.87. The lowest BCUT2D eigenvalue weighted by atomic mass is 9.93. The highest BCUT2D eigenvalue weighted by Crippen LogP contribution is 2.43. The predicted molar refractivity (Wildman–Crippen MR) is 125 cm³/mol. The minimum atomic E-state index is -0.453. The van der Waals surface area contributed by atoms with Crippen LogP contribution in [0.1, 0.15) is 29.1 Å². The number of benzene rings is 3. The van der Waals surface area contributed by atoms with Crippen molar-refractivity contribution in [2.75, 3.05) is 0 Å². The van der Waals surface area contributed by atoms with Crippen molar-refractivity contribution in [3.63, 3.8) is 0 Å². The van der Waals surface area contributed by atoms with Gasteiger partial charge in [-0.05, 0) is 49.1 Å². The highest BCUT2D eigenvalue weighted by Gasteiger charge is 2.24. The van der Waals surface area contributed by atoms with E-state index in [0.717, 1.165) is 27.8 Å². The molecule has 0 aliphatic carbocycles. The summed E-state index contributed by atoms with van der Waals surface area (Å²) in [6.07, 6.45) is 1.98. The van der Waals surface area contributed by atoms with Crippen molar-refractivity contribution in [3.8, 4) is 28.5 Å². The van der Waals surface area contributed by atoms with Crippen LogP contribution in [0.2, 0.25) is 0 Å². The smallest absolute Gasteiger partial charge is 0.216 e. The number of rotatable bonds is 2. The van der Waals surface area contributed by atoms with Gasteiger partial charge in [0.05, 0.1) is 24.0 Å². The Bertz CT molecular complexity index is 1770. The van der Waals surface area contributed by atoms with E-state index in [4.69, 9.17) is 11.3 Å². The lowest BCUT2D eigenvalue weighted by Gasteiger charge is -2.08. The molecular weight excluding hydrogens is 380 g/mol. The molecule has 0 bridgehead atoms. The first kappa shape index (κ1) is 14.2. The van der Waals surface area contributed by atoms with E-state index in [-0.39, 0.29) is 17.6 Å².